The Morgan fingerprint density at radius 2 is 1.04 bits per heavy atom. The lowest BCUT2D eigenvalue weighted by molar-refractivity contribution is -0.422. The number of nitrogens with zero attached hydrogens (tertiary/aromatic N) is 2. The average Bonchev–Trinajstić information content (AvgIpc) is 2.40. The molecule has 0 fully saturated rings. The zero-order chi connectivity index (χ0) is 18.7. The molecule has 1 aromatic rings. The quantitative estimate of drug-likeness (QED) is 0.346. The van der Waals surface area contributed by atoms with Crippen molar-refractivity contribution in [3.05, 3.63) is 43.5 Å². The third-order valence-electron chi connectivity index (χ3n) is 2.66. The maximum Gasteiger partial charge on any atom is 0.362 e. The van der Waals surface area contributed by atoms with Crippen LogP contribution in [-0.4, -0.2) is 26.0 Å². The highest BCUT2D eigenvalue weighted by Crippen LogP contribution is 2.33. The number of benzene rings is 1. The van der Waals surface area contributed by atoms with Crippen LogP contribution in [0.5, 0.6) is 0 Å². The maximum atomic E-state index is 11.4. The van der Waals surface area contributed by atoms with Crippen LogP contribution in [0, 0.1) is 43.2 Å². The fourth-order valence-corrected chi connectivity index (χ4v) is 2.68. The zero-order valence-corrected chi connectivity index (χ0v) is 16.7. The summed E-state index contributed by atoms with van der Waals surface area (Å²) in [5.74, 6) is 5.51. The van der Waals surface area contributed by atoms with E-state index in [4.69, 9.17) is 0 Å². The van der Waals surface area contributed by atoms with Crippen molar-refractivity contribution in [2.75, 3.05) is 0 Å². The molecule has 0 unspecified atom stereocenters. The Kier molecular flexibility index (Phi) is 5.72. The van der Waals surface area contributed by atoms with Crippen LogP contribution in [0.25, 0.3) is 0 Å². The minimum absolute atomic E-state index is 0.0627. The summed E-state index contributed by atoms with van der Waals surface area (Å²) in [5, 5.41) is 22.9. The number of hydrogen-bond donors (Lipinski definition) is 0. The lowest BCUT2D eigenvalue weighted by atomic mass is 10.1. The molecule has 0 aromatic heterocycles. The molecule has 126 valence electrons. The molecule has 0 bridgehead atoms. The van der Waals surface area contributed by atoms with E-state index in [0.29, 0.717) is 0 Å². The van der Waals surface area contributed by atoms with E-state index in [1.54, 1.807) is 0 Å². The molecule has 0 aliphatic rings. The Morgan fingerprint density at radius 1 is 0.750 bits per heavy atom. The van der Waals surface area contributed by atoms with Crippen molar-refractivity contribution in [3.63, 3.8) is 0 Å². The SMILES string of the molecule is C[Si](C)(C)C#Cc1ccc(C#C[Si](C)(C)C)c([N+](=O)[O-])c1[N+](=O)[O-]. The molecular formula is C16H20N2O4Si2. The van der Waals surface area contributed by atoms with Crippen molar-refractivity contribution in [1.82, 2.24) is 0 Å². The van der Waals surface area contributed by atoms with Gasteiger partial charge < -0.3 is 0 Å². The largest absolute Gasteiger partial charge is 0.362 e. The van der Waals surface area contributed by atoms with Crippen molar-refractivity contribution >= 4 is 27.5 Å². The Morgan fingerprint density at radius 3 is 1.25 bits per heavy atom. The maximum absolute atomic E-state index is 11.4. The highest BCUT2D eigenvalue weighted by molar-refractivity contribution is 6.84. The van der Waals surface area contributed by atoms with Gasteiger partial charge in [-0.1, -0.05) is 51.1 Å². The minimum atomic E-state index is -1.77. The topological polar surface area (TPSA) is 86.3 Å². The van der Waals surface area contributed by atoms with Gasteiger partial charge in [0.2, 0.25) is 0 Å². The first-order valence-corrected chi connectivity index (χ1v) is 14.3. The summed E-state index contributed by atoms with van der Waals surface area (Å²) in [6.07, 6.45) is 0. The van der Waals surface area contributed by atoms with Gasteiger partial charge in [0.15, 0.2) is 0 Å². The Balaban J connectivity index is 3.71. The van der Waals surface area contributed by atoms with E-state index in [0.717, 1.165) is 0 Å². The smallest absolute Gasteiger partial charge is 0.258 e. The minimum Gasteiger partial charge on any atom is -0.258 e. The van der Waals surface area contributed by atoms with Crippen LogP contribution in [0.15, 0.2) is 12.1 Å². The molecule has 0 radical (unpaired) electrons. The average molecular weight is 361 g/mol. The molecule has 8 heteroatoms. The van der Waals surface area contributed by atoms with E-state index >= 15 is 0 Å². The molecule has 0 atom stereocenters. The Hall–Kier alpha value is -2.43. The second-order valence-corrected chi connectivity index (χ2v) is 16.9. The summed E-state index contributed by atoms with van der Waals surface area (Å²) in [7, 11) is -3.54. The molecule has 0 saturated heterocycles. The third kappa shape index (κ3) is 5.65. The molecule has 0 amide bonds. The van der Waals surface area contributed by atoms with Gasteiger partial charge in [0.25, 0.3) is 0 Å². The second kappa shape index (κ2) is 6.99. The van der Waals surface area contributed by atoms with Crippen molar-refractivity contribution < 1.29 is 9.85 Å². The summed E-state index contributed by atoms with van der Waals surface area (Å²) in [6, 6.07) is 2.90. The zero-order valence-electron chi connectivity index (χ0n) is 14.7. The van der Waals surface area contributed by atoms with Crippen LogP contribution < -0.4 is 0 Å². The van der Waals surface area contributed by atoms with Crippen molar-refractivity contribution in [3.8, 4) is 22.9 Å². The summed E-state index contributed by atoms with van der Waals surface area (Å²) < 4.78 is 0. The van der Waals surface area contributed by atoms with Crippen molar-refractivity contribution in [1.29, 1.82) is 0 Å². The van der Waals surface area contributed by atoms with Gasteiger partial charge in [0, 0.05) is 0 Å². The highest BCUT2D eigenvalue weighted by Gasteiger charge is 2.31. The van der Waals surface area contributed by atoms with Gasteiger partial charge in [-0.3, -0.25) is 20.2 Å². The van der Waals surface area contributed by atoms with Crippen molar-refractivity contribution in [2.45, 2.75) is 39.3 Å². The molecule has 0 aliphatic heterocycles. The van der Waals surface area contributed by atoms with Gasteiger partial charge in [-0.2, -0.15) is 0 Å². The second-order valence-electron chi connectivity index (χ2n) is 7.37. The van der Waals surface area contributed by atoms with E-state index in [9.17, 15) is 20.2 Å². The fraction of sp³-hybridized carbons (Fsp3) is 0.375. The van der Waals surface area contributed by atoms with Gasteiger partial charge in [-0.25, -0.2) is 0 Å². The summed E-state index contributed by atoms with van der Waals surface area (Å²) in [6.45, 7) is 12.0. The summed E-state index contributed by atoms with van der Waals surface area (Å²) >= 11 is 0. The van der Waals surface area contributed by atoms with Crippen LogP contribution >= 0.6 is 0 Å². The molecule has 6 nitrogen and oxygen atoms in total. The summed E-state index contributed by atoms with van der Waals surface area (Å²) in [4.78, 5) is 21.4. The van der Waals surface area contributed by atoms with Crippen LogP contribution in [-0.2, 0) is 0 Å². The Labute approximate surface area is 143 Å². The van der Waals surface area contributed by atoms with E-state index in [-0.39, 0.29) is 11.1 Å². The molecule has 0 aliphatic carbocycles. The van der Waals surface area contributed by atoms with Crippen LogP contribution in [0.3, 0.4) is 0 Å². The van der Waals surface area contributed by atoms with E-state index in [1.165, 1.54) is 12.1 Å². The van der Waals surface area contributed by atoms with Crippen LogP contribution in [0.4, 0.5) is 11.4 Å². The first kappa shape index (κ1) is 19.6. The molecule has 1 rings (SSSR count). The standard InChI is InChI=1S/C16H20N2O4Si2/c1-23(2,3)11-9-13-7-8-14(10-12-24(4,5)6)16(18(21)22)15(13)17(19)20/h7-8H,1-6H3. The van der Waals surface area contributed by atoms with E-state index in [2.05, 4.69) is 22.9 Å². The van der Waals surface area contributed by atoms with E-state index in [1.807, 2.05) is 39.3 Å². The van der Waals surface area contributed by atoms with Crippen LogP contribution in [0.1, 0.15) is 11.1 Å². The normalized spacial score (nSPS) is 10.9. The molecule has 0 heterocycles. The monoisotopic (exact) mass is 360 g/mol. The first-order chi connectivity index (χ1) is 10.8. The molecule has 1 aromatic carbocycles. The number of nitro groups is 2. The van der Waals surface area contributed by atoms with E-state index < -0.39 is 37.4 Å². The van der Waals surface area contributed by atoms with Gasteiger partial charge in [0.1, 0.15) is 27.3 Å². The van der Waals surface area contributed by atoms with Gasteiger partial charge in [-0.15, -0.1) is 11.1 Å². The van der Waals surface area contributed by atoms with Crippen molar-refractivity contribution in [2.24, 2.45) is 0 Å². The molecule has 0 spiro atoms. The van der Waals surface area contributed by atoms with Gasteiger partial charge in [-0.05, 0) is 12.1 Å². The van der Waals surface area contributed by atoms with Gasteiger partial charge >= 0.3 is 11.4 Å². The summed E-state index contributed by atoms with van der Waals surface area (Å²) in [5.41, 5.74) is 4.99. The number of rotatable bonds is 2. The molecule has 24 heavy (non-hydrogen) atoms. The van der Waals surface area contributed by atoms with Gasteiger partial charge in [0.05, 0.1) is 9.85 Å². The predicted octanol–water partition coefficient (Wildman–Crippen LogP) is 3.96. The Bertz CT molecular complexity index is 744. The highest BCUT2D eigenvalue weighted by atomic mass is 28.3. The lowest BCUT2D eigenvalue weighted by Gasteiger charge is -2.05. The molecule has 0 N–H and O–H groups in total. The molecule has 0 saturated carbocycles. The van der Waals surface area contributed by atoms with Crippen LogP contribution in [0.2, 0.25) is 39.3 Å². The fourth-order valence-electron chi connectivity index (χ4n) is 1.66. The lowest BCUT2D eigenvalue weighted by Crippen LogP contribution is -2.16. The molecular weight excluding hydrogens is 340 g/mol. The first-order valence-electron chi connectivity index (χ1n) is 7.34. The predicted molar refractivity (Wildman–Crippen MR) is 100 cm³/mol. The number of hydrogen-bond acceptors (Lipinski definition) is 4. The number of nitro benzene ring substituents is 2. The third-order valence-corrected chi connectivity index (χ3v) is 4.41.